The number of carbonyl (C=O) groups is 3. The number of benzene rings is 1. The van der Waals surface area contributed by atoms with Crippen LogP contribution in [0.4, 0.5) is 0 Å². The van der Waals surface area contributed by atoms with Crippen molar-refractivity contribution in [2.24, 2.45) is 0 Å². The molecular formula is C22H26N2O4S. The summed E-state index contributed by atoms with van der Waals surface area (Å²) >= 11 is 1.57. The highest BCUT2D eigenvalue weighted by Gasteiger charge is 2.54. The number of aryl methyl sites for hydroxylation is 1. The molecule has 1 saturated heterocycles. The van der Waals surface area contributed by atoms with E-state index in [-0.39, 0.29) is 49.8 Å². The molecule has 154 valence electrons. The molecule has 2 heterocycles. The Morgan fingerprint density at radius 3 is 2.69 bits per heavy atom. The number of amides is 3. The zero-order valence-electron chi connectivity index (χ0n) is 16.9. The van der Waals surface area contributed by atoms with Gasteiger partial charge in [0.2, 0.25) is 17.7 Å². The molecule has 1 fully saturated rings. The highest BCUT2D eigenvalue weighted by Crippen LogP contribution is 2.41. The molecule has 7 heteroatoms. The number of nitrogens with zero attached hydrogens (tertiary/aromatic N) is 1. The molecule has 1 N–H and O–H groups in total. The Kier molecular flexibility index (Phi) is 6.49. The SMILES string of the molecule is COCCN1C(=O)C[C@@](CC(=O)N[C@@H](C)c2cccs2)(c2ccccc2C)C1=O. The second kappa shape index (κ2) is 8.88. The Morgan fingerprint density at radius 2 is 2.03 bits per heavy atom. The summed E-state index contributed by atoms with van der Waals surface area (Å²) < 4.78 is 5.05. The second-order valence-corrected chi connectivity index (χ2v) is 8.38. The van der Waals surface area contributed by atoms with Gasteiger partial charge < -0.3 is 10.1 Å². The lowest BCUT2D eigenvalue weighted by Gasteiger charge is -2.29. The molecule has 0 radical (unpaired) electrons. The first-order chi connectivity index (χ1) is 13.9. The fourth-order valence-corrected chi connectivity index (χ4v) is 4.67. The quantitative estimate of drug-likeness (QED) is 0.674. The summed E-state index contributed by atoms with van der Waals surface area (Å²) in [5, 5.41) is 4.94. The van der Waals surface area contributed by atoms with Gasteiger partial charge in [-0.25, -0.2) is 0 Å². The molecule has 0 unspecified atom stereocenters. The van der Waals surface area contributed by atoms with Crippen LogP contribution in [0.15, 0.2) is 41.8 Å². The minimum Gasteiger partial charge on any atom is -0.383 e. The van der Waals surface area contributed by atoms with Crippen LogP contribution in [0.3, 0.4) is 0 Å². The van der Waals surface area contributed by atoms with E-state index < -0.39 is 5.41 Å². The van der Waals surface area contributed by atoms with E-state index in [0.29, 0.717) is 0 Å². The Balaban J connectivity index is 1.90. The predicted octanol–water partition coefficient (Wildman–Crippen LogP) is 2.97. The third-order valence-corrected chi connectivity index (χ3v) is 6.45. The normalized spacial score (nSPS) is 20.2. The van der Waals surface area contributed by atoms with Crippen LogP contribution in [0.1, 0.15) is 41.8 Å². The lowest BCUT2D eigenvalue weighted by Crippen LogP contribution is -2.43. The van der Waals surface area contributed by atoms with Crippen LogP contribution in [-0.4, -0.2) is 42.9 Å². The molecular weight excluding hydrogens is 388 g/mol. The monoisotopic (exact) mass is 414 g/mol. The molecule has 0 bridgehead atoms. The lowest BCUT2D eigenvalue weighted by molar-refractivity contribution is -0.141. The topological polar surface area (TPSA) is 75.7 Å². The van der Waals surface area contributed by atoms with Gasteiger partial charge in [0.05, 0.1) is 24.6 Å². The van der Waals surface area contributed by atoms with Gasteiger partial charge in [0.1, 0.15) is 0 Å². The number of carbonyl (C=O) groups excluding carboxylic acids is 3. The number of ether oxygens (including phenoxy) is 1. The Labute approximate surface area is 174 Å². The van der Waals surface area contributed by atoms with Gasteiger partial charge in [-0.3, -0.25) is 19.3 Å². The van der Waals surface area contributed by atoms with Crippen molar-refractivity contribution in [3.63, 3.8) is 0 Å². The highest BCUT2D eigenvalue weighted by atomic mass is 32.1. The number of hydrogen-bond acceptors (Lipinski definition) is 5. The smallest absolute Gasteiger partial charge is 0.240 e. The summed E-state index contributed by atoms with van der Waals surface area (Å²) in [7, 11) is 1.53. The number of nitrogens with one attached hydrogen (secondary N) is 1. The summed E-state index contributed by atoms with van der Waals surface area (Å²) in [5.41, 5.74) is 0.439. The average Bonchev–Trinajstić information content (AvgIpc) is 3.29. The molecule has 1 aliphatic heterocycles. The fraction of sp³-hybridized carbons (Fsp3) is 0.409. The summed E-state index contributed by atoms with van der Waals surface area (Å²) in [6.07, 6.45) is -0.0805. The van der Waals surface area contributed by atoms with Crippen molar-refractivity contribution in [3.8, 4) is 0 Å². The first-order valence-corrected chi connectivity index (χ1v) is 10.5. The molecule has 29 heavy (non-hydrogen) atoms. The van der Waals surface area contributed by atoms with Gasteiger partial charge in [0.25, 0.3) is 0 Å². The van der Waals surface area contributed by atoms with E-state index in [4.69, 9.17) is 4.74 Å². The molecule has 3 amide bonds. The molecule has 0 saturated carbocycles. The fourth-order valence-electron chi connectivity index (χ4n) is 3.94. The molecule has 2 atom stereocenters. The minimum absolute atomic E-state index is 0.0127. The van der Waals surface area contributed by atoms with Gasteiger partial charge in [0, 0.05) is 24.8 Å². The number of methoxy groups -OCH3 is 1. The summed E-state index contributed by atoms with van der Waals surface area (Å²) in [5.74, 6) is -0.842. The van der Waals surface area contributed by atoms with Gasteiger partial charge >= 0.3 is 0 Å². The molecule has 2 aromatic rings. The first-order valence-electron chi connectivity index (χ1n) is 9.61. The number of rotatable bonds is 8. The summed E-state index contributed by atoms with van der Waals surface area (Å²) in [6, 6.07) is 11.2. The van der Waals surface area contributed by atoms with Crippen molar-refractivity contribution < 1.29 is 19.1 Å². The number of hydrogen-bond donors (Lipinski definition) is 1. The van der Waals surface area contributed by atoms with E-state index in [1.165, 1.54) is 12.0 Å². The second-order valence-electron chi connectivity index (χ2n) is 7.40. The summed E-state index contributed by atoms with van der Waals surface area (Å²) in [6.45, 7) is 4.27. The van der Waals surface area contributed by atoms with Crippen LogP contribution >= 0.6 is 11.3 Å². The Morgan fingerprint density at radius 1 is 1.28 bits per heavy atom. The van der Waals surface area contributed by atoms with Crippen LogP contribution < -0.4 is 5.32 Å². The summed E-state index contributed by atoms with van der Waals surface area (Å²) in [4.78, 5) is 41.3. The molecule has 1 aromatic carbocycles. The van der Waals surface area contributed by atoms with Crippen LogP contribution in [0.25, 0.3) is 0 Å². The standard InChI is InChI=1S/C22H26N2O4S/c1-15-7-4-5-8-17(15)22(14-20(26)24(21(22)27)10-11-28-3)13-19(25)23-16(2)18-9-6-12-29-18/h4-9,12,16H,10-11,13-14H2,1-3H3,(H,23,25)/t16-,22-/m0/s1. The zero-order chi connectivity index (χ0) is 21.0. The highest BCUT2D eigenvalue weighted by molar-refractivity contribution is 7.10. The third kappa shape index (κ3) is 4.26. The molecule has 0 spiro atoms. The molecule has 1 aromatic heterocycles. The van der Waals surface area contributed by atoms with Gasteiger partial charge in [0.15, 0.2) is 0 Å². The Hall–Kier alpha value is -2.51. The molecule has 1 aliphatic rings. The third-order valence-electron chi connectivity index (χ3n) is 5.40. The van der Waals surface area contributed by atoms with E-state index in [2.05, 4.69) is 5.32 Å². The number of thiophene rings is 1. The maximum Gasteiger partial charge on any atom is 0.240 e. The van der Waals surface area contributed by atoms with Crippen molar-refractivity contribution in [2.75, 3.05) is 20.3 Å². The van der Waals surface area contributed by atoms with Crippen molar-refractivity contribution in [3.05, 3.63) is 57.8 Å². The van der Waals surface area contributed by atoms with Crippen molar-refractivity contribution in [1.82, 2.24) is 10.2 Å². The maximum atomic E-state index is 13.4. The zero-order valence-corrected chi connectivity index (χ0v) is 17.8. The Bertz CT molecular complexity index is 896. The van der Waals surface area contributed by atoms with Gasteiger partial charge in [-0.05, 0) is 36.4 Å². The average molecular weight is 415 g/mol. The van der Waals surface area contributed by atoms with Crippen molar-refractivity contribution in [2.45, 2.75) is 38.1 Å². The minimum atomic E-state index is -1.19. The number of imide groups is 1. The van der Waals surface area contributed by atoms with E-state index in [1.807, 2.05) is 55.6 Å². The molecule has 6 nitrogen and oxygen atoms in total. The van der Waals surface area contributed by atoms with E-state index in [0.717, 1.165) is 16.0 Å². The van der Waals surface area contributed by atoms with Crippen LogP contribution in [0, 0.1) is 6.92 Å². The molecule has 3 rings (SSSR count). The molecule has 0 aliphatic carbocycles. The van der Waals surface area contributed by atoms with Crippen molar-refractivity contribution >= 4 is 29.1 Å². The van der Waals surface area contributed by atoms with Crippen LogP contribution in [-0.2, 0) is 24.5 Å². The van der Waals surface area contributed by atoms with Gasteiger partial charge in [-0.15, -0.1) is 11.3 Å². The lowest BCUT2D eigenvalue weighted by atomic mass is 9.74. The van der Waals surface area contributed by atoms with Gasteiger partial charge in [-0.1, -0.05) is 30.3 Å². The van der Waals surface area contributed by atoms with Crippen molar-refractivity contribution in [1.29, 1.82) is 0 Å². The number of likely N-dealkylation sites (tertiary alicyclic amines) is 1. The van der Waals surface area contributed by atoms with Crippen LogP contribution in [0.2, 0.25) is 0 Å². The first kappa shape index (κ1) is 21.2. The largest absolute Gasteiger partial charge is 0.383 e. The van der Waals surface area contributed by atoms with E-state index >= 15 is 0 Å². The predicted molar refractivity (Wildman–Crippen MR) is 112 cm³/mol. The van der Waals surface area contributed by atoms with E-state index in [1.54, 1.807) is 11.3 Å². The van der Waals surface area contributed by atoms with Gasteiger partial charge in [-0.2, -0.15) is 0 Å². The van der Waals surface area contributed by atoms with Crippen LogP contribution in [0.5, 0.6) is 0 Å². The van der Waals surface area contributed by atoms with E-state index in [9.17, 15) is 14.4 Å². The maximum absolute atomic E-state index is 13.4.